The van der Waals surface area contributed by atoms with Crippen molar-refractivity contribution in [1.82, 2.24) is 5.32 Å². The number of nitrogens with one attached hydrogen (secondary N) is 1. The highest BCUT2D eigenvalue weighted by atomic mass is 31.2. The fourth-order valence-corrected chi connectivity index (χ4v) is 10.5. The Morgan fingerprint density at radius 1 is 0.461 bits per heavy atom. The fraction of sp³-hybridized carbons (Fsp3) is 0.879. The Hall–Kier alpha value is -1.77. The zero-order valence-electron chi connectivity index (χ0n) is 51.3. The number of phosphoric acid groups is 1. The molecule has 0 fully saturated rings. The van der Waals surface area contributed by atoms with Crippen LogP contribution in [0.3, 0.4) is 0 Å². The van der Waals surface area contributed by atoms with Crippen LogP contribution in [0.5, 0.6) is 0 Å². The van der Waals surface area contributed by atoms with Crippen LogP contribution in [0.4, 0.5) is 0 Å². The second-order valence-electron chi connectivity index (χ2n) is 23.6. The number of ether oxygens (including phenoxy) is 1. The van der Waals surface area contributed by atoms with Gasteiger partial charge in [0.2, 0.25) is 5.91 Å². The second-order valence-corrected chi connectivity index (χ2v) is 25.1. The van der Waals surface area contributed by atoms with E-state index in [1.165, 1.54) is 225 Å². The van der Waals surface area contributed by atoms with Gasteiger partial charge in [-0.15, -0.1) is 0 Å². The third-order valence-corrected chi connectivity index (χ3v) is 15.8. The molecule has 0 aromatic heterocycles. The summed E-state index contributed by atoms with van der Waals surface area (Å²) in [6.45, 7) is 7.03. The Labute approximate surface area is 472 Å². The summed E-state index contributed by atoms with van der Waals surface area (Å²) in [5, 5.41) is 3.07. The minimum Gasteiger partial charge on any atom is -0.456 e. The molecular formula is C66H128N2O7P+. The maximum atomic E-state index is 13.6. The Balaban J connectivity index is 5.16. The predicted molar refractivity (Wildman–Crippen MR) is 328 cm³/mol. The van der Waals surface area contributed by atoms with E-state index in [0.29, 0.717) is 23.9 Å². The first-order chi connectivity index (χ1) is 36.9. The summed E-state index contributed by atoms with van der Waals surface area (Å²) in [7, 11) is 1.51. The molecule has 0 aliphatic heterocycles. The molecule has 0 saturated carbocycles. The second kappa shape index (κ2) is 56.5. The summed E-state index contributed by atoms with van der Waals surface area (Å²) in [5.41, 5.74) is 0. The van der Waals surface area contributed by atoms with Crippen LogP contribution < -0.4 is 5.32 Å². The Morgan fingerprint density at radius 3 is 1.21 bits per heavy atom. The number of hydrogen-bond acceptors (Lipinski definition) is 6. The molecule has 0 bridgehead atoms. The van der Waals surface area contributed by atoms with E-state index in [4.69, 9.17) is 13.8 Å². The normalized spacial score (nSPS) is 13.8. The summed E-state index contributed by atoms with van der Waals surface area (Å²) < 4.78 is 30.8. The van der Waals surface area contributed by atoms with E-state index in [-0.39, 0.29) is 25.1 Å². The number of nitrogens with zero attached hydrogens (tertiary/aromatic N) is 1. The molecule has 1 amide bonds. The van der Waals surface area contributed by atoms with Crippen molar-refractivity contribution >= 4 is 19.7 Å². The number of quaternary nitrogens is 1. The molecule has 9 nitrogen and oxygen atoms in total. The van der Waals surface area contributed by atoms with Crippen LogP contribution in [0, 0.1) is 0 Å². The van der Waals surface area contributed by atoms with Gasteiger partial charge in [0.25, 0.3) is 0 Å². The predicted octanol–water partition coefficient (Wildman–Crippen LogP) is 20.3. The van der Waals surface area contributed by atoms with Crippen LogP contribution >= 0.6 is 7.82 Å². The molecule has 0 heterocycles. The van der Waals surface area contributed by atoms with Gasteiger partial charge in [0.15, 0.2) is 0 Å². The highest BCUT2D eigenvalue weighted by Crippen LogP contribution is 2.43. The van der Waals surface area contributed by atoms with Gasteiger partial charge in [-0.3, -0.25) is 18.6 Å². The van der Waals surface area contributed by atoms with Gasteiger partial charge in [-0.05, 0) is 63.9 Å². The molecule has 0 spiro atoms. The molecule has 0 aliphatic carbocycles. The first-order valence-corrected chi connectivity index (χ1v) is 34.3. The number of esters is 1. The van der Waals surface area contributed by atoms with Crippen LogP contribution in [0.2, 0.25) is 0 Å². The number of carbonyl (C=O) groups excluding carboxylic acids is 2. The van der Waals surface area contributed by atoms with E-state index in [1.54, 1.807) is 0 Å². The lowest BCUT2D eigenvalue weighted by Crippen LogP contribution is -2.47. The van der Waals surface area contributed by atoms with Crippen LogP contribution in [0.25, 0.3) is 0 Å². The number of amides is 1. The summed E-state index contributed by atoms with van der Waals surface area (Å²) >= 11 is 0. The molecule has 76 heavy (non-hydrogen) atoms. The van der Waals surface area contributed by atoms with Crippen molar-refractivity contribution in [1.29, 1.82) is 0 Å². The van der Waals surface area contributed by atoms with E-state index < -0.39 is 20.0 Å². The molecule has 0 aromatic carbocycles. The number of allylic oxidation sites excluding steroid dienone is 5. The summed E-state index contributed by atoms with van der Waals surface area (Å²) in [5.74, 6) is -0.491. The number of hydrogen-bond donors (Lipinski definition) is 2. The molecule has 0 aromatic rings. The summed E-state index contributed by atoms with van der Waals surface area (Å²) in [6.07, 6.45) is 68.5. The van der Waals surface area contributed by atoms with Gasteiger partial charge in [0.05, 0.1) is 33.8 Å². The zero-order valence-corrected chi connectivity index (χ0v) is 52.2. The van der Waals surface area contributed by atoms with Gasteiger partial charge in [0, 0.05) is 12.8 Å². The van der Waals surface area contributed by atoms with Gasteiger partial charge in [-0.25, -0.2) is 4.57 Å². The smallest absolute Gasteiger partial charge is 0.456 e. The number of phosphoric ester groups is 1. The maximum Gasteiger partial charge on any atom is 0.472 e. The summed E-state index contributed by atoms with van der Waals surface area (Å²) in [4.78, 5) is 37.8. The van der Waals surface area contributed by atoms with Crippen molar-refractivity contribution in [3.63, 3.8) is 0 Å². The molecule has 2 N–H and O–H groups in total. The quantitative estimate of drug-likeness (QED) is 0.0205. The number of unbranched alkanes of at least 4 members (excludes halogenated alkanes) is 40. The number of rotatable bonds is 60. The Bertz CT molecular complexity index is 1400. The molecule has 3 atom stereocenters. The van der Waals surface area contributed by atoms with Gasteiger partial charge in [-0.1, -0.05) is 282 Å². The molecule has 448 valence electrons. The minimum atomic E-state index is -4.45. The van der Waals surface area contributed by atoms with Crippen molar-refractivity contribution in [2.24, 2.45) is 0 Å². The lowest BCUT2D eigenvalue weighted by molar-refractivity contribution is -0.870. The van der Waals surface area contributed by atoms with Crippen molar-refractivity contribution < 1.29 is 37.3 Å². The van der Waals surface area contributed by atoms with Gasteiger partial charge >= 0.3 is 13.8 Å². The van der Waals surface area contributed by atoms with E-state index >= 15 is 0 Å². The van der Waals surface area contributed by atoms with Crippen molar-refractivity contribution in [3.05, 3.63) is 36.5 Å². The topological polar surface area (TPSA) is 111 Å². The van der Waals surface area contributed by atoms with Crippen LogP contribution in [0.1, 0.15) is 323 Å². The molecule has 10 heteroatoms. The SMILES string of the molecule is CCCCC/C=C\C/C=C\CCCCCCCCCCCCCC(=O)OC(/C=C/CCCCCCCCCCCC)C(COP(=O)(O)OCC[N+](C)(C)C)NC(=O)CCCCCCCCCCCCCCCCCCC. The molecular weight excluding hydrogens is 964 g/mol. The van der Waals surface area contributed by atoms with E-state index in [1.807, 2.05) is 33.3 Å². The monoisotopic (exact) mass is 1090 g/mol. The maximum absolute atomic E-state index is 13.6. The van der Waals surface area contributed by atoms with Gasteiger partial charge in [0.1, 0.15) is 19.3 Å². The average Bonchev–Trinajstić information content (AvgIpc) is 3.38. The lowest BCUT2D eigenvalue weighted by atomic mass is 10.0. The third-order valence-electron chi connectivity index (χ3n) is 14.8. The Morgan fingerprint density at radius 2 is 0.803 bits per heavy atom. The van der Waals surface area contributed by atoms with Crippen molar-refractivity contribution in [2.75, 3.05) is 40.9 Å². The lowest BCUT2D eigenvalue weighted by Gasteiger charge is -2.27. The van der Waals surface area contributed by atoms with Crippen molar-refractivity contribution in [2.45, 2.75) is 335 Å². The van der Waals surface area contributed by atoms with Crippen LogP contribution in [-0.2, 0) is 27.9 Å². The fourth-order valence-electron chi connectivity index (χ4n) is 9.74. The standard InChI is InChI=1S/C66H127N2O7P/c1-7-10-13-16-19-22-25-28-30-32-33-34-35-37-39-41-44-47-50-53-56-59-66(70)75-64(57-54-51-48-45-42-27-24-21-18-15-12-9-3)63(62-74-76(71,72)73-61-60-68(4,5)6)67-65(69)58-55-52-49-46-43-40-38-36-31-29-26-23-20-17-14-11-8-2/h19,22,28,30,54,57,63-64H,7-18,20-21,23-27,29,31-53,55-56,58-62H2,1-6H3,(H-,67,69,71,72)/p+1/b22-19-,30-28-,57-54+. The molecule has 0 radical (unpaired) electrons. The summed E-state index contributed by atoms with van der Waals surface area (Å²) in [6, 6.07) is -0.845. The molecule has 0 rings (SSSR count). The highest BCUT2D eigenvalue weighted by molar-refractivity contribution is 7.47. The first kappa shape index (κ1) is 74.2. The minimum absolute atomic E-state index is 0.0427. The third kappa shape index (κ3) is 56.9. The van der Waals surface area contributed by atoms with E-state index in [9.17, 15) is 19.0 Å². The Kier molecular flexibility index (Phi) is 55.2. The molecule has 0 aliphatic rings. The van der Waals surface area contributed by atoms with Crippen molar-refractivity contribution in [3.8, 4) is 0 Å². The number of likely N-dealkylation sites (N-methyl/N-ethyl adjacent to an activating group) is 1. The zero-order chi connectivity index (χ0) is 55.7. The average molecular weight is 1090 g/mol. The highest BCUT2D eigenvalue weighted by Gasteiger charge is 2.30. The van der Waals surface area contributed by atoms with Crippen LogP contribution in [-0.4, -0.2) is 74.3 Å². The van der Waals surface area contributed by atoms with E-state index in [0.717, 1.165) is 64.2 Å². The largest absolute Gasteiger partial charge is 0.472 e. The van der Waals surface area contributed by atoms with Gasteiger partial charge < -0.3 is 19.4 Å². The molecule has 0 saturated heterocycles. The van der Waals surface area contributed by atoms with Gasteiger partial charge in [-0.2, -0.15) is 0 Å². The first-order valence-electron chi connectivity index (χ1n) is 32.8. The number of carbonyl (C=O) groups is 2. The van der Waals surface area contributed by atoms with E-state index in [2.05, 4.69) is 50.4 Å². The van der Waals surface area contributed by atoms with Crippen LogP contribution in [0.15, 0.2) is 36.5 Å². The molecule has 3 unspecified atom stereocenters.